The molecule has 1 aromatic heterocycles. The summed E-state index contributed by atoms with van der Waals surface area (Å²) in [6, 6.07) is 27.1. The largest absolute Gasteiger partial charge is 0.480 e. The van der Waals surface area contributed by atoms with Crippen LogP contribution in [-0.2, 0) is 21.5 Å². The maximum Gasteiger partial charge on any atom is 0.412 e. The van der Waals surface area contributed by atoms with E-state index in [2.05, 4.69) is 9.97 Å². The highest BCUT2D eigenvalue weighted by molar-refractivity contribution is 5.83. The van der Waals surface area contributed by atoms with Crippen LogP contribution in [0.2, 0.25) is 0 Å². The van der Waals surface area contributed by atoms with Crippen molar-refractivity contribution in [3.05, 3.63) is 126 Å². The van der Waals surface area contributed by atoms with Gasteiger partial charge in [-0.05, 0) is 37.5 Å². The molecule has 190 valence electrons. The number of aromatic nitrogens is 2. The van der Waals surface area contributed by atoms with E-state index in [1.54, 1.807) is 27.0 Å². The van der Waals surface area contributed by atoms with E-state index >= 15 is 0 Å². The number of H-pyrrole nitrogens is 1. The third kappa shape index (κ3) is 5.40. The monoisotopic (exact) mass is 497 g/mol. The number of amides is 1. The first-order valence-corrected chi connectivity index (χ1v) is 12.1. The number of aliphatic carboxylic acids is 1. The number of nitrogens with one attached hydrogen (secondary N) is 1. The summed E-state index contributed by atoms with van der Waals surface area (Å²) in [6.07, 6.45) is 2.36. The molecule has 0 radical (unpaired) electrons. The van der Waals surface area contributed by atoms with Crippen molar-refractivity contribution in [3.63, 3.8) is 0 Å². The maximum absolute atomic E-state index is 14.2. The molecule has 1 heterocycles. The highest BCUT2D eigenvalue weighted by atomic mass is 16.6. The van der Waals surface area contributed by atoms with Crippen molar-refractivity contribution in [1.29, 1.82) is 0 Å². The summed E-state index contributed by atoms with van der Waals surface area (Å²) in [6.45, 7) is 5.30. The average molecular weight is 498 g/mol. The molecule has 0 saturated carbocycles. The fraction of sp³-hybridized carbons (Fsp3) is 0.233. The van der Waals surface area contributed by atoms with E-state index in [0.717, 1.165) is 16.7 Å². The molecule has 1 amide bonds. The van der Waals surface area contributed by atoms with Gasteiger partial charge in [0, 0.05) is 12.6 Å². The van der Waals surface area contributed by atoms with Gasteiger partial charge in [0.05, 0.1) is 12.0 Å². The van der Waals surface area contributed by atoms with Crippen LogP contribution in [0.5, 0.6) is 0 Å². The van der Waals surface area contributed by atoms with E-state index in [4.69, 9.17) is 4.74 Å². The second-order valence-corrected chi connectivity index (χ2v) is 9.78. The van der Waals surface area contributed by atoms with Gasteiger partial charge in [-0.1, -0.05) is 91.0 Å². The topological polar surface area (TPSA) is 95.5 Å². The first-order valence-electron chi connectivity index (χ1n) is 12.1. The normalized spacial score (nSPS) is 12.5. The Kier molecular flexibility index (Phi) is 7.43. The minimum atomic E-state index is -1.33. The van der Waals surface area contributed by atoms with Crippen molar-refractivity contribution in [2.75, 3.05) is 0 Å². The molecule has 0 aliphatic heterocycles. The quantitative estimate of drug-likeness (QED) is 0.308. The van der Waals surface area contributed by atoms with Gasteiger partial charge in [-0.2, -0.15) is 0 Å². The standard InChI is InChI=1S/C30H31N3O4/c1-29(2,3)37-28(36)33(26(27(34)35)19-25-20-31-21-32-25)30(22-13-7-4-8-14-22,23-15-9-5-10-16-23)24-17-11-6-12-18-24/h4-18,20-21,26H,19H2,1-3H3,(H,31,32)(H,34,35). The number of benzene rings is 3. The highest BCUT2D eigenvalue weighted by Crippen LogP contribution is 2.44. The molecule has 0 saturated heterocycles. The molecule has 0 fully saturated rings. The smallest absolute Gasteiger partial charge is 0.412 e. The van der Waals surface area contributed by atoms with Crippen molar-refractivity contribution in [1.82, 2.24) is 14.9 Å². The van der Waals surface area contributed by atoms with Gasteiger partial charge in [0.15, 0.2) is 0 Å². The molecule has 2 N–H and O–H groups in total. The fourth-order valence-electron chi connectivity index (χ4n) is 4.65. The number of carboxylic acids is 1. The van der Waals surface area contributed by atoms with Crippen LogP contribution >= 0.6 is 0 Å². The van der Waals surface area contributed by atoms with Crippen LogP contribution in [0, 0.1) is 0 Å². The van der Waals surface area contributed by atoms with Gasteiger partial charge in [0.1, 0.15) is 17.2 Å². The molecule has 37 heavy (non-hydrogen) atoms. The SMILES string of the molecule is CC(C)(C)OC(=O)N(C(Cc1c[nH]cn1)C(=O)O)C(c1ccccc1)(c1ccccc1)c1ccccc1. The molecule has 0 aliphatic rings. The summed E-state index contributed by atoms with van der Waals surface area (Å²) in [5, 5.41) is 10.6. The van der Waals surface area contributed by atoms with Crippen LogP contribution in [0.15, 0.2) is 104 Å². The van der Waals surface area contributed by atoms with E-state index in [0.29, 0.717) is 5.69 Å². The number of imidazole rings is 1. The van der Waals surface area contributed by atoms with Crippen LogP contribution in [0.25, 0.3) is 0 Å². The molecule has 1 atom stereocenters. The van der Waals surface area contributed by atoms with Gasteiger partial charge in [0.2, 0.25) is 0 Å². The third-order valence-corrected chi connectivity index (χ3v) is 6.08. The predicted octanol–water partition coefficient (Wildman–Crippen LogP) is 5.63. The summed E-state index contributed by atoms with van der Waals surface area (Å²) < 4.78 is 5.92. The predicted molar refractivity (Wildman–Crippen MR) is 141 cm³/mol. The second-order valence-electron chi connectivity index (χ2n) is 9.78. The number of carbonyl (C=O) groups is 2. The Morgan fingerprint density at radius 1 is 0.865 bits per heavy atom. The molecular formula is C30H31N3O4. The second kappa shape index (κ2) is 10.7. The highest BCUT2D eigenvalue weighted by Gasteiger charge is 2.51. The lowest BCUT2D eigenvalue weighted by atomic mass is 9.74. The number of carbonyl (C=O) groups excluding carboxylic acids is 1. The number of hydrogen-bond acceptors (Lipinski definition) is 4. The van der Waals surface area contributed by atoms with Crippen molar-refractivity contribution >= 4 is 12.1 Å². The van der Waals surface area contributed by atoms with Crippen LogP contribution in [-0.4, -0.2) is 43.7 Å². The Labute approximate surface area is 216 Å². The zero-order chi connectivity index (χ0) is 26.5. The molecular weight excluding hydrogens is 466 g/mol. The van der Waals surface area contributed by atoms with Crippen molar-refractivity contribution < 1.29 is 19.4 Å². The molecule has 4 rings (SSSR count). The van der Waals surface area contributed by atoms with Crippen molar-refractivity contribution in [2.45, 2.75) is 44.4 Å². The third-order valence-electron chi connectivity index (χ3n) is 6.08. The molecule has 3 aromatic carbocycles. The van der Waals surface area contributed by atoms with E-state index in [1.165, 1.54) is 11.2 Å². The first-order chi connectivity index (χ1) is 17.7. The summed E-state index contributed by atoms with van der Waals surface area (Å²) in [7, 11) is 0. The Hall–Kier alpha value is -4.39. The summed E-state index contributed by atoms with van der Waals surface area (Å²) in [4.78, 5) is 35.7. The van der Waals surface area contributed by atoms with Gasteiger partial charge in [-0.25, -0.2) is 14.6 Å². The minimum Gasteiger partial charge on any atom is -0.480 e. The number of ether oxygens (including phenoxy) is 1. The number of nitrogens with zero attached hydrogens (tertiary/aromatic N) is 2. The molecule has 4 aromatic rings. The van der Waals surface area contributed by atoms with E-state index in [9.17, 15) is 14.7 Å². The fourth-order valence-corrected chi connectivity index (χ4v) is 4.65. The lowest BCUT2D eigenvalue weighted by Crippen LogP contribution is -2.59. The van der Waals surface area contributed by atoms with E-state index in [1.807, 2.05) is 91.0 Å². The van der Waals surface area contributed by atoms with Crippen LogP contribution in [0.4, 0.5) is 4.79 Å². The minimum absolute atomic E-state index is 0.0215. The van der Waals surface area contributed by atoms with Crippen LogP contribution in [0.3, 0.4) is 0 Å². The molecule has 0 spiro atoms. The van der Waals surface area contributed by atoms with Crippen LogP contribution in [0.1, 0.15) is 43.2 Å². The number of aromatic amines is 1. The molecule has 0 bridgehead atoms. The summed E-state index contributed by atoms with van der Waals surface area (Å²) in [5.41, 5.74) is 0.514. The van der Waals surface area contributed by atoms with Gasteiger partial charge >= 0.3 is 12.1 Å². The molecule has 7 heteroatoms. The van der Waals surface area contributed by atoms with Crippen molar-refractivity contribution in [3.8, 4) is 0 Å². The van der Waals surface area contributed by atoms with Gasteiger partial charge in [-0.3, -0.25) is 4.90 Å². The van der Waals surface area contributed by atoms with E-state index in [-0.39, 0.29) is 6.42 Å². The van der Waals surface area contributed by atoms with Gasteiger partial charge in [-0.15, -0.1) is 0 Å². The average Bonchev–Trinajstić information content (AvgIpc) is 3.40. The number of rotatable bonds is 8. The van der Waals surface area contributed by atoms with Gasteiger partial charge < -0.3 is 14.8 Å². The first kappa shape index (κ1) is 25.7. The molecule has 0 aliphatic carbocycles. The van der Waals surface area contributed by atoms with Gasteiger partial charge in [0.25, 0.3) is 0 Å². The summed E-state index contributed by atoms with van der Waals surface area (Å²) >= 11 is 0. The Morgan fingerprint density at radius 3 is 1.68 bits per heavy atom. The number of hydrogen-bond donors (Lipinski definition) is 2. The Balaban J connectivity index is 2.10. The maximum atomic E-state index is 14.2. The summed E-state index contributed by atoms with van der Waals surface area (Å²) in [5.74, 6) is -1.17. The number of carboxylic acid groups (broad SMARTS) is 1. The van der Waals surface area contributed by atoms with Crippen LogP contribution < -0.4 is 0 Å². The zero-order valence-electron chi connectivity index (χ0n) is 21.2. The lowest BCUT2D eigenvalue weighted by molar-refractivity contribution is -0.145. The van der Waals surface area contributed by atoms with Crippen molar-refractivity contribution in [2.24, 2.45) is 0 Å². The zero-order valence-corrected chi connectivity index (χ0v) is 21.2. The Morgan fingerprint density at radius 2 is 1.32 bits per heavy atom. The molecule has 7 nitrogen and oxygen atoms in total. The van der Waals surface area contributed by atoms with E-state index < -0.39 is 29.2 Å². The lowest BCUT2D eigenvalue weighted by Gasteiger charge is -2.47. The molecule has 1 unspecified atom stereocenters. The Bertz CT molecular complexity index is 1200.